The smallest absolute Gasteiger partial charge is 0.228 e. The number of halogens is 1. The average molecular weight is 670 g/mol. The molecule has 1 N–H and O–H groups in total. The Morgan fingerprint density at radius 1 is 1.13 bits per heavy atom. The van der Waals surface area contributed by atoms with Gasteiger partial charge >= 0.3 is 0 Å². The van der Waals surface area contributed by atoms with Crippen LogP contribution >= 0.6 is 40.3 Å². The minimum absolute atomic E-state index is 0.00405. The van der Waals surface area contributed by atoms with E-state index >= 15 is 0 Å². The molecule has 0 spiro atoms. The van der Waals surface area contributed by atoms with Crippen LogP contribution in [-0.2, 0) is 9.32 Å². The van der Waals surface area contributed by atoms with E-state index in [9.17, 15) is 10.1 Å². The number of hydrogen-bond donors (Lipinski definition) is 1. The molecule has 196 valence electrons. The van der Waals surface area contributed by atoms with Crippen LogP contribution in [0.25, 0.3) is 22.4 Å². The van der Waals surface area contributed by atoms with Crippen LogP contribution in [0, 0.1) is 17.2 Å². The van der Waals surface area contributed by atoms with Crippen LogP contribution in [0.15, 0.2) is 65.0 Å². The molecule has 4 aromatic heterocycles. The maximum absolute atomic E-state index is 12.1. The van der Waals surface area contributed by atoms with Crippen molar-refractivity contribution in [1.29, 1.82) is 5.26 Å². The lowest BCUT2D eigenvalue weighted by molar-refractivity contribution is -0.117. The number of rotatable bonds is 10. The number of ether oxygens (including phenoxy) is 1. The van der Waals surface area contributed by atoms with Gasteiger partial charge in [-0.1, -0.05) is 6.07 Å². The van der Waals surface area contributed by atoms with Crippen molar-refractivity contribution in [2.75, 3.05) is 18.5 Å². The summed E-state index contributed by atoms with van der Waals surface area (Å²) in [5.41, 5.74) is 3.54. The standard InChI is InChI=1S/C25H20IN8O3PS/c26-38-37-10-9-36-19-5-3-16(11-18(19)12-27)17-4-6-22-30-31-25(33(22)13-17)39-23-8-7-21-28-20(14-34(21)32-23)29-24(35)15-1-2-15/h3-8,11,13-15,38H,1-2,9-10H2,(H,29,35). The number of anilines is 1. The monoisotopic (exact) mass is 670 g/mol. The molecule has 0 saturated heterocycles. The number of carbonyl (C=O) groups excluding carboxylic acids is 1. The van der Waals surface area contributed by atoms with Gasteiger partial charge in [-0.15, -0.1) is 10.2 Å². The Labute approximate surface area is 241 Å². The number of benzene rings is 1. The second-order valence-electron chi connectivity index (χ2n) is 8.69. The molecule has 1 saturated carbocycles. The zero-order valence-electron chi connectivity index (χ0n) is 20.2. The highest BCUT2D eigenvalue weighted by Crippen LogP contribution is 2.31. The summed E-state index contributed by atoms with van der Waals surface area (Å²) >= 11 is 3.52. The highest BCUT2D eigenvalue weighted by Gasteiger charge is 2.30. The molecule has 1 aliphatic rings. The molecule has 14 heteroatoms. The van der Waals surface area contributed by atoms with E-state index in [2.05, 4.69) is 53.7 Å². The molecule has 0 radical (unpaired) electrons. The summed E-state index contributed by atoms with van der Waals surface area (Å²) in [7, 11) is 0. The molecule has 1 amide bonds. The molecule has 4 heterocycles. The zero-order chi connectivity index (χ0) is 26.8. The fraction of sp³-hybridized carbons (Fsp3) is 0.200. The molecule has 0 aliphatic heterocycles. The van der Waals surface area contributed by atoms with E-state index in [4.69, 9.17) is 9.26 Å². The van der Waals surface area contributed by atoms with Gasteiger partial charge in [0.15, 0.2) is 17.1 Å². The van der Waals surface area contributed by atoms with E-state index in [1.54, 1.807) is 16.8 Å². The summed E-state index contributed by atoms with van der Waals surface area (Å²) in [6.45, 7) is 1.22. The minimum Gasteiger partial charge on any atom is -0.490 e. The number of nitrogens with zero attached hydrogens (tertiary/aromatic N) is 7. The Morgan fingerprint density at radius 3 is 2.79 bits per heavy atom. The molecular weight excluding hydrogens is 650 g/mol. The summed E-state index contributed by atoms with van der Waals surface area (Å²) in [5.74, 6) is 1.12. The first kappa shape index (κ1) is 25.9. The third kappa shape index (κ3) is 5.84. The molecule has 1 atom stereocenters. The van der Waals surface area contributed by atoms with Crippen molar-refractivity contribution in [2.45, 2.75) is 23.0 Å². The Bertz CT molecular complexity index is 1730. The highest BCUT2D eigenvalue weighted by atomic mass is 127. The fourth-order valence-corrected chi connectivity index (χ4v) is 5.51. The van der Waals surface area contributed by atoms with Gasteiger partial charge in [0.25, 0.3) is 0 Å². The lowest BCUT2D eigenvalue weighted by atomic mass is 10.0. The summed E-state index contributed by atoms with van der Waals surface area (Å²) < 4.78 is 14.6. The number of nitrogens with one attached hydrogen (secondary N) is 1. The summed E-state index contributed by atoms with van der Waals surface area (Å²) in [5, 5.41) is 27.1. The first-order chi connectivity index (χ1) is 19.1. The third-order valence-electron chi connectivity index (χ3n) is 5.99. The molecule has 11 nitrogen and oxygen atoms in total. The lowest BCUT2D eigenvalue weighted by Crippen LogP contribution is -2.13. The SMILES string of the molecule is N#Cc1cc(-c2ccc3nnc(Sc4ccc5nc(NC(=O)C6CC6)cn5n4)n3c2)ccc1OCCOPI. The number of amides is 1. The van der Waals surface area contributed by atoms with Crippen molar-refractivity contribution in [2.24, 2.45) is 5.92 Å². The van der Waals surface area contributed by atoms with Crippen molar-refractivity contribution in [3.05, 3.63) is 60.4 Å². The number of imidazole rings is 1. The maximum Gasteiger partial charge on any atom is 0.228 e. The largest absolute Gasteiger partial charge is 0.490 e. The number of hydrogen-bond acceptors (Lipinski definition) is 9. The number of carbonyl (C=O) groups is 1. The van der Waals surface area contributed by atoms with Gasteiger partial charge in [0.1, 0.15) is 23.5 Å². The fourth-order valence-electron chi connectivity index (χ4n) is 3.91. The molecule has 39 heavy (non-hydrogen) atoms. The summed E-state index contributed by atoms with van der Waals surface area (Å²) in [4.78, 5) is 16.5. The molecular formula is C25H20IN8O3PS. The van der Waals surface area contributed by atoms with E-state index in [1.807, 2.05) is 47.0 Å². The molecule has 0 bridgehead atoms. The van der Waals surface area contributed by atoms with Crippen molar-refractivity contribution >= 4 is 63.3 Å². The lowest BCUT2D eigenvalue weighted by Gasteiger charge is -2.10. The van der Waals surface area contributed by atoms with Crippen LogP contribution in [0.2, 0.25) is 0 Å². The van der Waals surface area contributed by atoms with Gasteiger partial charge in [0.2, 0.25) is 11.1 Å². The Hall–Kier alpha value is -3.31. The number of aromatic nitrogens is 6. The quantitative estimate of drug-likeness (QED) is 0.122. The Balaban J connectivity index is 1.22. The predicted molar refractivity (Wildman–Crippen MR) is 155 cm³/mol. The zero-order valence-corrected chi connectivity index (χ0v) is 24.2. The van der Waals surface area contributed by atoms with Crippen molar-refractivity contribution in [3.63, 3.8) is 0 Å². The van der Waals surface area contributed by atoms with E-state index in [-0.39, 0.29) is 11.8 Å². The highest BCUT2D eigenvalue weighted by molar-refractivity contribution is 14.2. The average Bonchev–Trinajstić information content (AvgIpc) is 3.63. The van der Waals surface area contributed by atoms with E-state index in [0.29, 0.717) is 58.3 Å². The molecule has 1 aliphatic carbocycles. The van der Waals surface area contributed by atoms with E-state index in [1.165, 1.54) is 11.8 Å². The second kappa shape index (κ2) is 11.4. The minimum atomic E-state index is 0.00405. The molecule has 1 unspecified atom stereocenters. The van der Waals surface area contributed by atoms with Crippen LogP contribution < -0.4 is 10.1 Å². The van der Waals surface area contributed by atoms with Crippen molar-refractivity contribution in [3.8, 4) is 22.9 Å². The van der Waals surface area contributed by atoms with Gasteiger partial charge in [-0.05, 0) is 94.2 Å². The molecule has 1 aromatic carbocycles. The summed E-state index contributed by atoms with van der Waals surface area (Å²) in [6, 6.07) is 15.3. The molecule has 1 fully saturated rings. The number of pyridine rings is 1. The van der Waals surface area contributed by atoms with Gasteiger partial charge in [-0.2, -0.15) is 10.4 Å². The van der Waals surface area contributed by atoms with Gasteiger partial charge in [0.05, 0.1) is 24.8 Å². The first-order valence-electron chi connectivity index (χ1n) is 12.0. The van der Waals surface area contributed by atoms with Gasteiger partial charge in [0, 0.05) is 12.1 Å². The molecule has 5 aromatic rings. The number of nitriles is 1. The van der Waals surface area contributed by atoms with Crippen LogP contribution in [0.5, 0.6) is 5.75 Å². The van der Waals surface area contributed by atoms with E-state index < -0.39 is 0 Å². The van der Waals surface area contributed by atoms with Crippen molar-refractivity contribution in [1.82, 2.24) is 29.2 Å². The Kier molecular flexibility index (Phi) is 7.60. The Morgan fingerprint density at radius 2 is 1.97 bits per heavy atom. The second-order valence-corrected chi connectivity index (χ2v) is 11.4. The molecule has 6 rings (SSSR count). The third-order valence-corrected chi connectivity index (χ3v) is 8.13. The number of fused-ring (bicyclic) bond motifs is 2. The first-order valence-corrected chi connectivity index (χ1v) is 16.8. The van der Waals surface area contributed by atoms with Crippen LogP contribution in [0.4, 0.5) is 5.82 Å². The summed E-state index contributed by atoms with van der Waals surface area (Å²) in [6.07, 6.45) is 5.50. The normalized spacial score (nSPS) is 13.3. The van der Waals surface area contributed by atoms with E-state index in [0.717, 1.165) is 24.0 Å². The van der Waals surface area contributed by atoms with Crippen LogP contribution in [0.3, 0.4) is 0 Å². The van der Waals surface area contributed by atoms with Crippen LogP contribution in [0.1, 0.15) is 18.4 Å². The predicted octanol–water partition coefficient (Wildman–Crippen LogP) is 5.15. The van der Waals surface area contributed by atoms with Gasteiger partial charge in [-0.25, -0.2) is 9.50 Å². The topological polar surface area (TPSA) is 132 Å². The van der Waals surface area contributed by atoms with Crippen molar-refractivity contribution < 1.29 is 14.1 Å². The maximum atomic E-state index is 12.1. The van der Waals surface area contributed by atoms with Crippen LogP contribution in [-0.4, -0.2) is 48.3 Å². The van der Waals surface area contributed by atoms with Gasteiger partial charge in [-0.3, -0.25) is 9.20 Å². The van der Waals surface area contributed by atoms with Gasteiger partial charge < -0.3 is 14.6 Å².